The highest BCUT2D eigenvalue weighted by atomic mass is 19.4. The average Bonchev–Trinajstić information content (AvgIpc) is 1.61. The first kappa shape index (κ1) is 71.9. The van der Waals surface area contributed by atoms with Crippen LogP contribution in [0.2, 0.25) is 0 Å². The Balaban J connectivity index is 0.578. The van der Waals surface area contributed by atoms with Gasteiger partial charge in [-0.25, -0.2) is 9.18 Å². The zero-order valence-corrected chi connectivity index (χ0v) is 56.1. The van der Waals surface area contributed by atoms with Crippen LogP contribution in [0.25, 0.3) is 11.1 Å². The third-order valence-corrected chi connectivity index (χ3v) is 20.3. The van der Waals surface area contributed by atoms with Crippen LogP contribution < -0.4 is 10.6 Å². The molecule has 2 N–H and O–H groups in total. The number of unbranched alkanes of at least 4 members (excludes halogenated alkanes) is 2. The fourth-order valence-corrected chi connectivity index (χ4v) is 14.3. The Morgan fingerprint density at radius 3 is 2.01 bits per heavy atom. The minimum atomic E-state index is -5.15. The SMILES string of the molecule is CN(CCN1CCC(OC(=O)Nc2ccccc2-c2ccccc2)CC1)C(=O)CCCCCNc1ccc(C(=O)N(CCCN(C)C(=O)CO[C@H]2Cc3ccccc3C23CCN(CC[C@]2(c4ccc(F)cc4)CN(C(=O)c4cc(C(F)(F)F)cc(C(F)(F)F)c4)CO2)CC3)C2CC2)cc1. The molecule has 2 atom stereocenters. The number of para-hydroxylation sites is 1. The second-order valence-electron chi connectivity index (χ2n) is 27.0. The van der Waals surface area contributed by atoms with Crippen molar-refractivity contribution in [2.45, 2.75) is 125 Å². The van der Waals surface area contributed by atoms with Crippen molar-refractivity contribution < 1.29 is 68.9 Å². The molecule has 23 heteroatoms. The molecular weight excluding hydrogens is 1290 g/mol. The number of alkyl halides is 6. The van der Waals surface area contributed by atoms with E-state index in [0.717, 1.165) is 98.4 Å². The lowest BCUT2D eigenvalue weighted by molar-refractivity contribution is -0.143. The van der Waals surface area contributed by atoms with Gasteiger partial charge in [0.1, 0.15) is 30.9 Å². The lowest BCUT2D eigenvalue weighted by atomic mass is 9.72. The van der Waals surface area contributed by atoms with Crippen LogP contribution >= 0.6 is 0 Å². The number of carbonyl (C=O) groups excluding carboxylic acids is 5. The Bertz CT molecular complexity index is 3720. The maximum Gasteiger partial charge on any atom is 0.416 e. The van der Waals surface area contributed by atoms with Crippen molar-refractivity contribution in [1.29, 1.82) is 0 Å². The number of likely N-dealkylation sites (tertiary alicyclic amines) is 2. The molecule has 3 saturated heterocycles. The Labute approximate surface area is 573 Å². The van der Waals surface area contributed by atoms with Crippen LogP contribution in [-0.2, 0) is 53.6 Å². The molecule has 528 valence electrons. The molecule has 0 aromatic heterocycles. The van der Waals surface area contributed by atoms with Crippen LogP contribution in [0.4, 0.5) is 46.9 Å². The number of amides is 5. The fourth-order valence-electron chi connectivity index (χ4n) is 14.3. The topological polar surface area (TPSA) is 157 Å². The fraction of sp³-hybridized carbons (Fsp3) is 0.461. The van der Waals surface area contributed by atoms with Crippen molar-refractivity contribution in [3.8, 4) is 11.1 Å². The molecule has 99 heavy (non-hydrogen) atoms. The van der Waals surface area contributed by atoms with Crippen molar-refractivity contribution in [2.75, 3.05) is 110 Å². The van der Waals surface area contributed by atoms with Gasteiger partial charge in [-0.15, -0.1) is 0 Å². The Kier molecular flexibility index (Phi) is 23.1. The molecule has 0 unspecified atom stereocenters. The van der Waals surface area contributed by atoms with Crippen molar-refractivity contribution in [3.05, 3.63) is 190 Å². The molecule has 0 radical (unpaired) electrons. The van der Waals surface area contributed by atoms with E-state index in [-0.39, 0.29) is 61.6 Å². The molecule has 5 amide bonds. The summed E-state index contributed by atoms with van der Waals surface area (Å²) in [6.07, 6.45) is -2.09. The summed E-state index contributed by atoms with van der Waals surface area (Å²) in [5.41, 5.74) is 1.29. The van der Waals surface area contributed by atoms with Gasteiger partial charge in [0.2, 0.25) is 11.8 Å². The number of carbonyl (C=O) groups is 5. The van der Waals surface area contributed by atoms with Crippen LogP contribution in [0.15, 0.2) is 146 Å². The quantitative estimate of drug-likeness (QED) is 0.0374. The minimum absolute atomic E-state index is 0.0258. The number of ether oxygens (including phenoxy) is 3. The zero-order chi connectivity index (χ0) is 69.9. The molecule has 11 rings (SSSR count). The van der Waals surface area contributed by atoms with Crippen molar-refractivity contribution in [1.82, 2.24) is 29.4 Å². The summed E-state index contributed by atoms with van der Waals surface area (Å²) in [5.74, 6) is -1.70. The summed E-state index contributed by atoms with van der Waals surface area (Å²) < 4.78 is 116. The standard InChI is InChI=1S/C76H87F7N8O8/c1-86(37-13-38-91(62-29-30-62)71(95)54-21-27-61(28-22-54)84-36-12-4-7-20-68(92)87(2)44-45-88-39-31-63(32-40-88)99-72(96)85-66-19-11-9-17-64(66)53-14-5-3-6-15-53)69(93)50-97-67-48-55-16-8-10-18-65(55)73(67)33-41-89(42-34-73)43-35-74(57-23-25-60(77)26-24-57)51-90(52-98-74)70(94)56-46-58(75(78,79)80)49-59(47-56)76(81,82)83/h3,5-6,8-11,14-19,21-28,46-47,49,62-63,67,84H,4,7,12-13,20,29-45,48,50-52H2,1-2H3,(H,85,96)/t67-,74+/m0/s1. The van der Waals surface area contributed by atoms with Gasteiger partial charge in [-0.05, 0) is 167 Å². The smallest absolute Gasteiger partial charge is 0.416 e. The molecule has 4 fully saturated rings. The van der Waals surface area contributed by atoms with E-state index < -0.39 is 64.6 Å². The molecule has 5 aliphatic rings. The van der Waals surface area contributed by atoms with Gasteiger partial charge in [0.05, 0.1) is 29.5 Å². The van der Waals surface area contributed by atoms with Gasteiger partial charge in [-0.1, -0.05) is 91.3 Å². The summed E-state index contributed by atoms with van der Waals surface area (Å²) in [4.78, 5) is 78.4. The molecule has 3 aliphatic heterocycles. The first-order valence-corrected chi connectivity index (χ1v) is 34.4. The lowest BCUT2D eigenvalue weighted by Gasteiger charge is -2.44. The van der Waals surface area contributed by atoms with Gasteiger partial charge in [0.25, 0.3) is 11.8 Å². The molecule has 1 spiro atoms. The van der Waals surface area contributed by atoms with E-state index in [4.69, 9.17) is 14.2 Å². The van der Waals surface area contributed by atoms with Crippen LogP contribution in [-0.4, -0.2) is 177 Å². The molecule has 2 aliphatic carbocycles. The second kappa shape index (κ2) is 31.9. The molecule has 16 nitrogen and oxygen atoms in total. The number of fused-ring (bicyclic) bond motifs is 2. The maximum absolute atomic E-state index is 14.3. The average molecular weight is 1370 g/mol. The number of nitrogens with one attached hydrogen (secondary N) is 2. The van der Waals surface area contributed by atoms with Gasteiger partial charge in [0, 0.05) is 107 Å². The third kappa shape index (κ3) is 18.2. The van der Waals surface area contributed by atoms with E-state index in [9.17, 15) is 54.7 Å². The summed E-state index contributed by atoms with van der Waals surface area (Å²) in [7, 11) is 3.60. The van der Waals surface area contributed by atoms with E-state index in [1.54, 1.807) is 16.8 Å². The first-order chi connectivity index (χ1) is 47.5. The molecule has 1 saturated carbocycles. The summed E-state index contributed by atoms with van der Waals surface area (Å²) in [5, 5.41) is 6.38. The molecule has 3 heterocycles. The van der Waals surface area contributed by atoms with E-state index in [2.05, 4.69) is 32.6 Å². The van der Waals surface area contributed by atoms with Crippen molar-refractivity contribution in [3.63, 3.8) is 0 Å². The van der Waals surface area contributed by atoms with Crippen LogP contribution in [0.1, 0.15) is 126 Å². The summed E-state index contributed by atoms with van der Waals surface area (Å²) in [6, 6.07) is 39.7. The van der Waals surface area contributed by atoms with E-state index in [1.165, 1.54) is 29.8 Å². The number of hydrogen-bond acceptors (Lipinski definition) is 11. The number of halogens is 7. The Morgan fingerprint density at radius 1 is 0.657 bits per heavy atom. The lowest BCUT2D eigenvalue weighted by Crippen LogP contribution is -2.50. The molecule has 0 bridgehead atoms. The highest BCUT2D eigenvalue weighted by Gasteiger charge is 2.50. The monoisotopic (exact) mass is 1370 g/mol. The second-order valence-corrected chi connectivity index (χ2v) is 27.0. The number of nitrogens with zero attached hydrogens (tertiary/aromatic N) is 6. The van der Waals surface area contributed by atoms with Gasteiger partial charge in [-0.2, -0.15) is 26.3 Å². The highest BCUT2D eigenvalue weighted by molar-refractivity contribution is 5.96. The molecular formula is C76H87F7N8O8. The normalized spacial score (nSPS) is 18.8. The minimum Gasteiger partial charge on any atom is -0.446 e. The predicted molar refractivity (Wildman–Crippen MR) is 362 cm³/mol. The Hall–Kier alpha value is -8.38. The van der Waals surface area contributed by atoms with Crippen molar-refractivity contribution >= 4 is 41.1 Å². The maximum atomic E-state index is 14.3. The van der Waals surface area contributed by atoms with E-state index in [1.807, 2.05) is 103 Å². The number of likely N-dealkylation sites (N-methyl/N-ethyl adjacent to an activating group) is 2. The molecule has 6 aromatic carbocycles. The number of piperidine rings is 2. The summed E-state index contributed by atoms with van der Waals surface area (Å²) in [6.45, 7) is 5.46. The van der Waals surface area contributed by atoms with Gasteiger partial charge in [-0.3, -0.25) is 24.5 Å². The first-order valence-electron chi connectivity index (χ1n) is 34.4. The number of anilines is 2. The van der Waals surface area contributed by atoms with Crippen LogP contribution in [0.5, 0.6) is 0 Å². The van der Waals surface area contributed by atoms with Gasteiger partial charge < -0.3 is 48.9 Å². The van der Waals surface area contributed by atoms with Crippen LogP contribution in [0.3, 0.4) is 0 Å². The highest BCUT2D eigenvalue weighted by Crippen LogP contribution is 2.49. The van der Waals surface area contributed by atoms with Gasteiger partial charge in [0.15, 0.2) is 0 Å². The third-order valence-electron chi connectivity index (χ3n) is 20.3. The number of benzene rings is 6. The number of hydrogen-bond donors (Lipinski definition) is 2. The van der Waals surface area contributed by atoms with Gasteiger partial charge >= 0.3 is 18.4 Å². The largest absolute Gasteiger partial charge is 0.446 e. The number of rotatable bonds is 27. The molecule has 6 aromatic rings. The van der Waals surface area contributed by atoms with E-state index in [0.29, 0.717) is 100 Å². The van der Waals surface area contributed by atoms with Crippen LogP contribution in [0, 0.1) is 5.82 Å². The Morgan fingerprint density at radius 2 is 1.31 bits per heavy atom. The summed E-state index contributed by atoms with van der Waals surface area (Å²) >= 11 is 0. The predicted octanol–water partition coefficient (Wildman–Crippen LogP) is 13.5. The van der Waals surface area contributed by atoms with E-state index >= 15 is 0 Å². The van der Waals surface area contributed by atoms with Crippen molar-refractivity contribution in [2.24, 2.45) is 0 Å². The zero-order valence-electron chi connectivity index (χ0n) is 56.1.